The lowest BCUT2D eigenvalue weighted by atomic mass is 10.3. The van der Waals surface area contributed by atoms with E-state index in [0.717, 1.165) is 17.5 Å². The van der Waals surface area contributed by atoms with Crippen LogP contribution >= 0.6 is 23.1 Å². The second-order valence-corrected chi connectivity index (χ2v) is 9.71. The number of thiophene rings is 1. The van der Waals surface area contributed by atoms with Crippen molar-refractivity contribution >= 4 is 44.1 Å². The molecule has 0 bridgehead atoms. The van der Waals surface area contributed by atoms with Crippen molar-refractivity contribution in [3.05, 3.63) is 76.9 Å². The summed E-state index contributed by atoms with van der Waals surface area (Å²) in [6, 6.07) is 8.96. The fourth-order valence-electron chi connectivity index (χ4n) is 2.43. The van der Waals surface area contributed by atoms with Crippen molar-refractivity contribution in [2.24, 2.45) is 5.10 Å². The highest BCUT2D eigenvalue weighted by Gasteiger charge is 2.25. The van der Waals surface area contributed by atoms with Crippen LogP contribution in [0.25, 0.3) is 0 Å². The number of thioether (sulfide) groups is 1. The number of nitrogens with zero attached hydrogens (tertiary/aromatic N) is 3. The van der Waals surface area contributed by atoms with Gasteiger partial charge in [0.05, 0.1) is 11.9 Å². The smallest absolute Gasteiger partial charge is 0.283 e. The highest BCUT2D eigenvalue weighted by molar-refractivity contribution is 8.14. The van der Waals surface area contributed by atoms with Crippen LogP contribution in [0.5, 0.6) is 0 Å². The maximum absolute atomic E-state index is 13.4. The van der Waals surface area contributed by atoms with Gasteiger partial charge in [-0.1, -0.05) is 23.9 Å². The number of pyridine rings is 2. The van der Waals surface area contributed by atoms with Crippen LogP contribution in [-0.2, 0) is 10.0 Å². The van der Waals surface area contributed by atoms with E-state index in [0.29, 0.717) is 16.3 Å². The molecule has 1 aliphatic heterocycles. The van der Waals surface area contributed by atoms with E-state index in [9.17, 15) is 17.6 Å². The fourth-order valence-corrected chi connectivity index (χ4v) is 5.32. The third kappa shape index (κ3) is 4.28. The molecule has 0 aromatic carbocycles. The molecule has 148 valence electrons. The van der Waals surface area contributed by atoms with Crippen molar-refractivity contribution in [3.8, 4) is 0 Å². The lowest BCUT2D eigenvalue weighted by molar-refractivity contribution is 0.0976. The van der Waals surface area contributed by atoms with E-state index >= 15 is 0 Å². The molecular formula is C17H12FN5O3S3. The highest BCUT2D eigenvalue weighted by atomic mass is 32.2. The first-order valence-corrected chi connectivity index (χ1v) is 11.3. The van der Waals surface area contributed by atoms with Gasteiger partial charge in [-0.15, -0.1) is 11.3 Å². The molecule has 0 saturated carbocycles. The van der Waals surface area contributed by atoms with Gasteiger partial charge in [-0.2, -0.15) is 5.10 Å². The number of hydrogen-bond acceptors (Lipinski definition) is 9. The first-order chi connectivity index (χ1) is 13.9. The third-order valence-corrected chi connectivity index (χ3v) is 7.59. The maximum Gasteiger partial charge on any atom is 0.283 e. The third-order valence-electron chi connectivity index (χ3n) is 3.73. The molecular weight excluding hydrogens is 437 g/mol. The van der Waals surface area contributed by atoms with Crippen LogP contribution < -0.4 is 10.1 Å². The first kappa shape index (κ1) is 19.5. The predicted molar refractivity (Wildman–Crippen MR) is 107 cm³/mol. The largest absolute Gasteiger partial charge is 0.291 e. The van der Waals surface area contributed by atoms with Gasteiger partial charge in [-0.05, 0) is 29.6 Å². The highest BCUT2D eigenvalue weighted by Crippen LogP contribution is 2.33. The van der Waals surface area contributed by atoms with Gasteiger partial charge in [0, 0.05) is 11.8 Å². The van der Waals surface area contributed by atoms with E-state index in [1.54, 1.807) is 23.6 Å². The molecule has 12 heteroatoms. The van der Waals surface area contributed by atoms with Crippen LogP contribution in [-0.4, -0.2) is 29.3 Å². The first-order valence-electron chi connectivity index (χ1n) is 8.11. The topological polar surface area (TPSA) is 113 Å². The van der Waals surface area contributed by atoms with E-state index < -0.39 is 21.7 Å². The second-order valence-electron chi connectivity index (χ2n) is 5.76. The van der Waals surface area contributed by atoms with Crippen molar-refractivity contribution in [1.29, 1.82) is 0 Å². The van der Waals surface area contributed by atoms with Crippen LogP contribution in [0.2, 0.25) is 0 Å². The van der Waals surface area contributed by atoms with Gasteiger partial charge in [0.2, 0.25) is 0 Å². The van der Waals surface area contributed by atoms with Gasteiger partial charge in [-0.3, -0.25) is 15.2 Å². The summed E-state index contributed by atoms with van der Waals surface area (Å²) in [6.07, 6.45) is 2.64. The zero-order valence-corrected chi connectivity index (χ0v) is 16.9. The summed E-state index contributed by atoms with van der Waals surface area (Å²) in [5.74, 6) is -1.30. The Balaban J connectivity index is 1.50. The lowest BCUT2D eigenvalue weighted by Crippen LogP contribution is -2.30. The molecule has 0 fully saturated rings. The number of sulfonamides is 1. The van der Waals surface area contributed by atoms with Crippen molar-refractivity contribution < 1.29 is 17.6 Å². The molecule has 4 rings (SSSR count). The standard InChI is InChI=1S/C17H12FN5O3S3/c18-11-7-10(8-19-9-11)16-21-22-17(28-16)13-4-1-3-12(20-13)15(24)23-29(25,26)14-5-2-6-27-14/h1-9,16,21H,(H,23,24). The quantitative estimate of drug-likeness (QED) is 0.615. The van der Waals surface area contributed by atoms with Crippen molar-refractivity contribution in [2.75, 3.05) is 0 Å². The number of hydrazone groups is 1. The Morgan fingerprint density at radius 3 is 2.83 bits per heavy atom. The summed E-state index contributed by atoms with van der Waals surface area (Å²) in [6.45, 7) is 0. The van der Waals surface area contributed by atoms with Gasteiger partial charge < -0.3 is 0 Å². The Morgan fingerprint density at radius 1 is 1.21 bits per heavy atom. The molecule has 1 atom stereocenters. The Labute approximate surface area is 173 Å². The number of halogens is 1. The predicted octanol–water partition coefficient (Wildman–Crippen LogP) is 2.49. The van der Waals surface area contributed by atoms with Crippen molar-refractivity contribution in [1.82, 2.24) is 20.1 Å². The van der Waals surface area contributed by atoms with Gasteiger partial charge in [0.15, 0.2) is 0 Å². The molecule has 0 radical (unpaired) electrons. The normalized spacial score (nSPS) is 16.2. The maximum atomic E-state index is 13.4. The molecule has 3 aromatic heterocycles. The van der Waals surface area contributed by atoms with E-state index in [2.05, 4.69) is 20.5 Å². The van der Waals surface area contributed by atoms with Crippen LogP contribution in [0, 0.1) is 5.82 Å². The van der Waals surface area contributed by atoms with E-state index in [1.165, 1.54) is 36.2 Å². The molecule has 8 nitrogen and oxygen atoms in total. The zero-order valence-electron chi connectivity index (χ0n) is 14.4. The number of amides is 1. The van der Waals surface area contributed by atoms with Crippen molar-refractivity contribution in [2.45, 2.75) is 9.58 Å². The van der Waals surface area contributed by atoms with Crippen molar-refractivity contribution in [3.63, 3.8) is 0 Å². The van der Waals surface area contributed by atoms with Crippen LogP contribution in [0.15, 0.2) is 63.5 Å². The monoisotopic (exact) mass is 449 g/mol. The molecule has 0 aliphatic carbocycles. The molecule has 3 aromatic rings. The molecule has 1 amide bonds. The SMILES string of the molecule is O=C(NS(=O)(=O)c1cccs1)c1cccc(C2=NNC(c3cncc(F)c3)S2)n1. The molecule has 1 unspecified atom stereocenters. The summed E-state index contributed by atoms with van der Waals surface area (Å²) in [5.41, 5.74) is 3.78. The van der Waals surface area contributed by atoms with E-state index in [-0.39, 0.29) is 15.3 Å². The number of aromatic nitrogens is 2. The van der Waals surface area contributed by atoms with Crippen LogP contribution in [0.3, 0.4) is 0 Å². The Kier molecular flexibility index (Phi) is 5.30. The Morgan fingerprint density at radius 2 is 2.07 bits per heavy atom. The number of hydrogen-bond donors (Lipinski definition) is 2. The molecule has 0 spiro atoms. The van der Waals surface area contributed by atoms with Gasteiger partial charge >= 0.3 is 0 Å². The number of carbonyl (C=O) groups excluding carboxylic acids is 1. The summed E-state index contributed by atoms with van der Waals surface area (Å²) in [4.78, 5) is 20.4. The summed E-state index contributed by atoms with van der Waals surface area (Å²) >= 11 is 2.28. The fraction of sp³-hybridized carbons (Fsp3) is 0.0588. The summed E-state index contributed by atoms with van der Waals surface area (Å²) < 4.78 is 39.9. The molecule has 2 N–H and O–H groups in total. The minimum Gasteiger partial charge on any atom is -0.291 e. The van der Waals surface area contributed by atoms with Crippen LogP contribution in [0.4, 0.5) is 4.39 Å². The minimum absolute atomic E-state index is 0.0356. The zero-order chi connectivity index (χ0) is 20.4. The number of nitrogens with one attached hydrogen (secondary N) is 2. The lowest BCUT2D eigenvalue weighted by Gasteiger charge is -2.09. The molecule has 29 heavy (non-hydrogen) atoms. The van der Waals surface area contributed by atoms with Crippen LogP contribution in [0.1, 0.15) is 27.1 Å². The average molecular weight is 450 g/mol. The Bertz CT molecular complexity index is 1200. The summed E-state index contributed by atoms with van der Waals surface area (Å²) in [5, 5.41) is 5.91. The van der Waals surface area contributed by atoms with E-state index in [1.807, 2.05) is 4.72 Å². The Hall–Kier alpha value is -2.83. The van der Waals surface area contributed by atoms with Gasteiger partial charge in [-0.25, -0.2) is 22.5 Å². The second kappa shape index (κ2) is 7.89. The molecule has 1 aliphatic rings. The summed E-state index contributed by atoms with van der Waals surface area (Å²) in [7, 11) is -3.96. The molecule has 0 saturated heterocycles. The van der Waals surface area contributed by atoms with Gasteiger partial charge in [0.25, 0.3) is 15.9 Å². The van der Waals surface area contributed by atoms with E-state index in [4.69, 9.17) is 0 Å². The average Bonchev–Trinajstić information content (AvgIpc) is 3.40. The number of rotatable bonds is 5. The molecule has 4 heterocycles. The number of carbonyl (C=O) groups is 1. The minimum atomic E-state index is -3.96. The van der Waals surface area contributed by atoms with Gasteiger partial charge in [0.1, 0.15) is 26.1 Å².